The van der Waals surface area contributed by atoms with Gasteiger partial charge in [0.1, 0.15) is 5.82 Å². The summed E-state index contributed by atoms with van der Waals surface area (Å²) in [5, 5.41) is 3.58. The van der Waals surface area contributed by atoms with Crippen molar-refractivity contribution in [2.75, 3.05) is 42.9 Å². The molecular weight excluding hydrogens is 310 g/mol. The van der Waals surface area contributed by atoms with Gasteiger partial charge in [0.25, 0.3) is 0 Å². The maximum Gasteiger partial charge on any atom is 0.224 e. The summed E-state index contributed by atoms with van der Waals surface area (Å²) in [7, 11) is 0. The molecule has 2 fully saturated rings. The smallest absolute Gasteiger partial charge is 0.224 e. The van der Waals surface area contributed by atoms with Gasteiger partial charge in [-0.3, -0.25) is 0 Å². The molecule has 2 aliphatic rings. The van der Waals surface area contributed by atoms with E-state index in [1.165, 1.54) is 70.9 Å². The van der Waals surface area contributed by atoms with E-state index in [0.29, 0.717) is 6.04 Å². The lowest BCUT2D eigenvalue weighted by Gasteiger charge is -2.22. The number of nitrogens with one attached hydrogen (secondary N) is 1. The van der Waals surface area contributed by atoms with Crippen LogP contribution in [0.1, 0.15) is 64.7 Å². The second kappa shape index (κ2) is 9.95. The minimum absolute atomic E-state index is 0.491. The zero-order chi connectivity index (χ0) is 17.3. The van der Waals surface area contributed by atoms with E-state index in [1.807, 2.05) is 6.20 Å². The van der Waals surface area contributed by atoms with E-state index >= 15 is 0 Å². The van der Waals surface area contributed by atoms with E-state index in [-0.39, 0.29) is 0 Å². The second-order valence-corrected chi connectivity index (χ2v) is 7.63. The van der Waals surface area contributed by atoms with Crippen molar-refractivity contribution < 1.29 is 0 Å². The van der Waals surface area contributed by atoms with Crippen LogP contribution in [0.25, 0.3) is 0 Å². The Labute approximate surface area is 153 Å². The van der Waals surface area contributed by atoms with Gasteiger partial charge < -0.3 is 15.1 Å². The van der Waals surface area contributed by atoms with Gasteiger partial charge in [-0.05, 0) is 38.3 Å². The molecule has 0 bridgehead atoms. The van der Waals surface area contributed by atoms with Crippen molar-refractivity contribution in [2.45, 2.75) is 70.8 Å². The molecule has 2 saturated heterocycles. The lowest BCUT2D eigenvalue weighted by Crippen LogP contribution is -2.28. The first kappa shape index (κ1) is 18.4. The molecular formula is C20H35N5. The third kappa shape index (κ3) is 5.84. The molecule has 1 atom stereocenters. The van der Waals surface area contributed by atoms with E-state index in [0.717, 1.165) is 31.4 Å². The quantitative estimate of drug-likeness (QED) is 0.723. The fraction of sp³-hybridized carbons (Fsp3) is 0.800. The van der Waals surface area contributed by atoms with Crippen LogP contribution in [0.2, 0.25) is 0 Å². The van der Waals surface area contributed by atoms with Crippen molar-refractivity contribution in [1.82, 2.24) is 14.9 Å². The molecule has 0 amide bonds. The van der Waals surface area contributed by atoms with Crippen molar-refractivity contribution in [3.05, 3.63) is 12.3 Å². The average Bonchev–Trinajstić information content (AvgIpc) is 2.90. The molecule has 1 aromatic heterocycles. The van der Waals surface area contributed by atoms with Gasteiger partial charge in [0.05, 0.1) is 0 Å². The number of aromatic nitrogens is 2. The highest BCUT2D eigenvalue weighted by molar-refractivity contribution is 5.43. The first-order valence-electron chi connectivity index (χ1n) is 10.4. The van der Waals surface area contributed by atoms with Crippen LogP contribution in [-0.2, 0) is 0 Å². The molecule has 3 rings (SSSR count). The fourth-order valence-corrected chi connectivity index (χ4v) is 3.99. The minimum atomic E-state index is 0.491. The maximum atomic E-state index is 4.80. The van der Waals surface area contributed by atoms with Crippen LogP contribution in [0, 0.1) is 0 Å². The first-order valence-corrected chi connectivity index (χ1v) is 10.4. The Hall–Kier alpha value is -1.36. The second-order valence-electron chi connectivity index (χ2n) is 7.63. The van der Waals surface area contributed by atoms with Crippen LogP contribution >= 0.6 is 0 Å². The number of likely N-dealkylation sites (tertiary alicyclic amines) is 1. The summed E-state index contributed by atoms with van der Waals surface area (Å²) in [6, 6.07) is 2.55. The Morgan fingerprint density at radius 3 is 2.72 bits per heavy atom. The maximum absolute atomic E-state index is 4.80. The van der Waals surface area contributed by atoms with Gasteiger partial charge in [-0.1, -0.05) is 39.0 Å². The number of unbranched alkanes of at least 4 members (excludes halogenated alkanes) is 3. The lowest BCUT2D eigenvalue weighted by atomic mass is 10.2. The van der Waals surface area contributed by atoms with Crippen molar-refractivity contribution >= 4 is 11.8 Å². The lowest BCUT2D eigenvalue weighted by molar-refractivity contribution is 0.326. The topological polar surface area (TPSA) is 44.3 Å². The number of hydrogen-bond donors (Lipinski definition) is 1. The van der Waals surface area contributed by atoms with Crippen LogP contribution in [0.5, 0.6) is 0 Å². The van der Waals surface area contributed by atoms with Crippen molar-refractivity contribution in [1.29, 1.82) is 0 Å². The molecule has 2 aliphatic heterocycles. The van der Waals surface area contributed by atoms with E-state index in [4.69, 9.17) is 4.98 Å². The number of anilines is 2. The Kier molecular flexibility index (Phi) is 7.34. The highest BCUT2D eigenvalue weighted by atomic mass is 15.3. The number of nitrogens with zero attached hydrogens (tertiary/aromatic N) is 4. The summed E-state index contributed by atoms with van der Waals surface area (Å²) >= 11 is 0. The Balaban J connectivity index is 1.47. The largest absolute Gasteiger partial charge is 0.356 e. The van der Waals surface area contributed by atoms with Crippen molar-refractivity contribution in [3.8, 4) is 0 Å². The van der Waals surface area contributed by atoms with Crippen LogP contribution in [-0.4, -0.2) is 53.6 Å². The fourth-order valence-electron chi connectivity index (χ4n) is 3.99. The van der Waals surface area contributed by atoms with E-state index in [1.54, 1.807) is 0 Å². The van der Waals surface area contributed by atoms with Crippen molar-refractivity contribution in [3.63, 3.8) is 0 Å². The van der Waals surface area contributed by atoms with Gasteiger partial charge in [0, 0.05) is 38.4 Å². The molecule has 0 aromatic carbocycles. The molecule has 0 saturated carbocycles. The van der Waals surface area contributed by atoms with Gasteiger partial charge in [-0.2, -0.15) is 4.98 Å². The van der Waals surface area contributed by atoms with Gasteiger partial charge in [-0.15, -0.1) is 0 Å². The number of hydrogen-bond acceptors (Lipinski definition) is 5. The molecule has 0 spiro atoms. The molecule has 0 radical (unpaired) electrons. The summed E-state index contributed by atoms with van der Waals surface area (Å²) in [6.45, 7) is 8.11. The SMILES string of the molecule is CCCCCCN1CCC(Nc2nccc(N3CCCCCC3)n2)C1. The highest BCUT2D eigenvalue weighted by Crippen LogP contribution is 2.19. The molecule has 5 nitrogen and oxygen atoms in total. The molecule has 5 heteroatoms. The van der Waals surface area contributed by atoms with Crippen molar-refractivity contribution in [2.24, 2.45) is 0 Å². The standard InChI is InChI=1S/C20H35N5/c1-2-3-4-7-13-24-16-11-18(17-24)22-20-21-12-10-19(23-20)25-14-8-5-6-9-15-25/h10,12,18H,2-9,11,13-17H2,1H3,(H,21,22,23). The first-order chi connectivity index (χ1) is 12.3. The van der Waals surface area contributed by atoms with E-state index < -0.39 is 0 Å². The third-order valence-corrected chi connectivity index (χ3v) is 5.50. The Bertz CT molecular complexity index is 499. The van der Waals surface area contributed by atoms with Crippen LogP contribution in [0.4, 0.5) is 11.8 Å². The summed E-state index contributed by atoms with van der Waals surface area (Å²) in [4.78, 5) is 14.3. The van der Waals surface area contributed by atoms with Crippen LogP contribution in [0.3, 0.4) is 0 Å². The highest BCUT2D eigenvalue weighted by Gasteiger charge is 2.22. The molecule has 1 unspecified atom stereocenters. The predicted molar refractivity (Wildman–Crippen MR) is 105 cm³/mol. The zero-order valence-corrected chi connectivity index (χ0v) is 15.9. The number of rotatable bonds is 8. The normalized spacial score (nSPS) is 22.1. The van der Waals surface area contributed by atoms with Gasteiger partial charge in [-0.25, -0.2) is 4.98 Å². The van der Waals surface area contributed by atoms with Gasteiger partial charge >= 0.3 is 0 Å². The summed E-state index contributed by atoms with van der Waals surface area (Å²) in [5.74, 6) is 1.90. The molecule has 140 valence electrons. The molecule has 0 aliphatic carbocycles. The van der Waals surface area contributed by atoms with E-state index in [9.17, 15) is 0 Å². The van der Waals surface area contributed by atoms with E-state index in [2.05, 4.69) is 33.1 Å². The summed E-state index contributed by atoms with van der Waals surface area (Å²) < 4.78 is 0. The Morgan fingerprint density at radius 2 is 1.92 bits per heavy atom. The molecule has 3 heterocycles. The Morgan fingerprint density at radius 1 is 1.08 bits per heavy atom. The van der Waals surface area contributed by atoms with Crippen LogP contribution < -0.4 is 10.2 Å². The summed E-state index contributed by atoms with van der Waals surface area (Å²) in [6.07, 6.45) is 13.8. The third-order valence-electron chi connectivity index (χ3n) is 5.50. The summed E-state index contributed by atoms with van der Waals surface area (Å²) in [5.41, 5.74) is 0. The van der Waals surface area contributed by atoms with Gasteiger partial charge in [0.2, 0.25) is 5.95 Å². The molecule has 1 aromatic rings. The average molecular weight is 346 g/mol. The molecule has 25 heavy (non-hydrogen) atoms. The van der Waals surface area contributed by atoms with Crippen LogP contribution in [0.15, 0.2) is 12.3 Å². The van der Waals surface area contributed by atoms with Gasteiger partial charge in [0.15, 0.2) is 0 Å². The zero-order valence-electron chi connectivity index (χ0n) is 15.9. The monoisotopic (exact) mass is 345 g/mol. The minimum Gasteiger partial charge on any atom is -0.356 e. The predicted octanol–water partition coefficient (Wildman–Crippen LogP) is 3.92. The molecule has 1 N–H and O–H groups in total.